The van der Waals surface area contributed by atoms with Crippen LogP contribution in [0.3, 0.4) is 0 Å². The molecule has 0 aromatic rings. The summed E-state index contributed by atoms with van der Waals surface area (Å²) < 4.78 is 5.67. The number of terminal acetylenes is 1. The summed E-state index contributed by atoms with van der Waals surface area (Å²) in [4.78, 5) is 0. The van der Waals surface area contributed by atoms with Gasteiger partial charge in [0.25, 0.3) is 0 Å². The van der Waals surface area contributed by atoms with E-state index in [4.69, 9.17) is 11.2 Å². The van der Waals surface area contributed by atoms with Crippen LogP contribution in [0.15, 0.2) is 0 Å². The summed E-state index contributed by atoms with van der Waals surface area (Å²) in [7, 11) is 0. The molecule has 1 fully saturated rings. The second-order valence-corrected chi connectivity index (χ2v) is 3.68. The van der Waals surface area contributed by atoms with Crippen LogP contribution >= 0.6 is 0 Å². The standard InChI is InChI=1S/C11H19NO/c1-4-10(5-2)12-8-11-7-6-9(3)13-11/h1,9-12H,5-8H2,2-3H3. The highest BCUT2D eigenvalue weighted by atomic mass is 16.5. The number of ether oxygens (including phenoxy) is 1. The molecule has 13 heavy (non-hydrogen) atoms. The Kier molecular flexibility index (Phi) is 4.27. The Bertz CT molecular complexity index is 185. The zero-order chi connectivity index (χ0) is 9.68. The van der Waals surface area contributed by atoms with Crippen LogP contribution in [0.4, 0.5) is 0 Å². The van der Waals surface area contributed by atoms with E-state index in [1.165, 1.54) is 6.42 Å². The first-order valence-corrected chi connectivity index (χ1v) is 5.11. The van der Waals surface area contributed by atoms with Gasteiger partial charge in [-0.3, -0.25) is 0 Å². The molecule has 3 unspecified atom stereocenters. The average molecular weight is 181 g/mol. The van der Waals surface area contributed by atoms with E-state index in [-0.39, 0.29) is 6.04 Å². The summed E-state index contributed by atoms with van der Waals surface area (Å²) in [5.74, 6) is 2.72. The van der Waals surface area contributed by atoms with Gasteiger partial charge in [-0.15, -0.1) is 6.42 Å². The number of nitrogens with one attached hydrogen (secondary N) is 1. The van der Waals surface area contributed by atoms with Crippen molar-refractivity contribution in [3.63, 3.8) is 0 Å². The molecule has 0 amide bonds. The Hall–Kier alpha value is -0.520. The third-order valence-corrected chi connectivity index (χ3v) is 2.52. The van der Waals surface area contributed by atoms with Crippen molar-refractivity contribution >= 4 is 0 Å². The van der Waals surface area contributed by atoms with E-state index >= 15 is 0 Å². The molecule has 0 aromatic carbocycles. The van der Waals surface area contributed by atoms with E-state index in [0.29, 0.717) is 12.2 Å². The van der Waals surface area contributed by atoms with E-state index < -0.39 is 0 Å². The molecule has 1 saturated heterocycles. The van der Waals surface area contributed by atoms with Crippen molar-refractivity contribution in [3.8, 4) is 12.3 Å². The lowest BCUT2D eigenvalue weighted by molar-refractivity contribution is 0.0552. The van der Waals surface area contributed by atoms with Gasteiger partial charge in [0.05, 0.1) is 18.2 Å². The van der Waals surface area contributed by atoms with Crippen molar-refractivity contribution in [2.24, 2.45) is 0 Å². The smallest absolute Gasteiger partial charge is 0.0704 e. The first kappa shape index (κ1) is 10.6. The first-order valence-electron chi connectivity index (χ1n) is 5.11. The van der Waals surface area contributed by atoms with E-state index in [1.807, 2.05) is 0 Å². The van der Waals surface area contributed by atoms with Crippen molar-refractivity contribution in [2.45, 2.75) is 51.4 Å². The predicted octanol–water partition coefficient (Wildman–Crippen LogP) is 1.56. The molecular formula is C11H19NO. The third-order valence-electron chi connectivity index (χ3n) is 2.52. The molecule has 0 aliphatic carbocycles. The molecule has 0 saturated carbocycles. The average Bonchev–Trinajstić information content (AvgIpc) is 2.53. The molecule has 3 atom stereocenters. The van der Waals surface area contributed by atoms with E-state index in [1.54, 1.807) is 0 Å². The van der Waals surface area contributed by atoms with Gasteiger partial charge in [0.1, 0.15) is 0 Å². The molecule has 2 nitrogen and oxygen atoms in total. The molecule has 1 heterocycles. The number of hydrogen-bond donors (Lipinski definition) is 1. The lowest BCUT2D eigenvalue weighted by atomic mass is 10.2. The maximum absolute atomic E-state index is 5.67. The van der Waals surface area contributed by atoms with Crippen molar-refractivity contribution in [3.05, 3.63) is 0 Å². The Morgan fingerprint density at radius 2 is 2.38 bits per heavy atom. The summed E-state index contributed by atoms with van der Waals surface area (Å²) in [5, 5.41) is 3.32. The third kappa shape index (κ3) is 3.38. The molecule has 1 N–H and O–H groups in total. The number of rotatable bonds is 4. The van der Waals surface area contributed by atoms with E-state index in [9.17, 15) is 0 Å². The molecule has 0 bridgehead atoms. The highest BCUT2D eigenvalue weighted by Gasteiger charge is 2.21. The minimum absolute atomic E-state index is 0.208. The zero-order valence-corrected chi connectivity index (χ0v) is 8.55. The quantitative estimate of drug-likeness (QED) is 0.664. The minimum Gasteiger partial charge on any atom is -0.374 e. The first-order chi connectivity index (χ1) is 6.26. The molecule has 74 valence electrons. The fraction of sp³-hybridized carbons (Fsp3) is 0.818. The second kappa shape index (κ2) is 5.26. The fourth-order valence-corrected chi connectivity index (χ4v) is 1.63. The van der Waals surface area contributed by atoms with Gasteiger partial charge in [-0.25, -0.2) is 0 Å². The summed E-state index contributed by atoms with van der Waals surface area (Å²) in [6, 6.07) is 0.208. The Labute approximate surface area is 81.0 Å². The van der Waals surface area contributed by atoms with Crippen LogP contribution in [0.1, 0.15) is 33.1 Å². The maximum Gasteiger partial charge on any atom is 0.0704 e. The van der Waals surface area contributed by atoms with E-state index in [0.717, 1.165) is 19.4 Å². The Morgan fingerprint density at radius 1 is 1.62 bits per heavy atom. The summed E-state index contributed by atoms with van der Waals surface area (Å²) >= 11 is 0. The van der Waals surface area contributed by atoms with Gasteiger partial charge in [-0.05, 0) is 26.2 Å². The van der Waals surface area contributed by atoms with E-state index in [2.05, 4.69) is 25.1 Å². The van der Waals surface area contributed by atoms with Gasteiger partial charge in [0.2, 0.25) is 0 Å². The molecule has 1 aliphatic heterocycles. The zero-order valence-electron chi connectivity index (χ0n) is 8.55. The van der Waals surface area contributed by atoms with Crippen LogP contribution in [0.2, 0.25) is 0 Å². The Morgan fingerprint density at radius 3 is 2.85 bits per heavy atom. The SMILES string of the molecule is C#CC(CC)NCC1CCC(C)O1. The maximum atomic E-state index is 5.67. The van der Waals surface area contributed by atoms with Crippen LogP contribution in [-0.4, -0.2) is 24.8 Å². The topological polar surface area (TPSA) is 21.3 Å². The van der Waals surface area contributed by atoms with Gasteiger partial charge in [-0.1, -0.05) is 12.8 Å². The summed E-state index contributed by atoms with van der Waals surface area (Å²) in [6.45, 7) is 5.11. The lowest BCUT2D eigenvalue weighted by Crippen LogP contribution is -2.34. The van der Waals surface area contributed by atoms with Gasteiger partial charge in [-0.2, -0.15) is 0 Å². The van der Waals surface area contributed by atoms with Crippen molar-refractivity contribution < 1.29 is 4.74 Å². The second-order valence-electron chi connectivity index (χ2n) is 3.68. The molecule has 0 aromatic heterocycles. The summed E-state index contributed by atoms with van der Waals surface area (Å²) in [6.07, 6.45) is 9.47. The Balaban J connectivity index is 2.16. The van der Waals surface area contributed by atoms with Gasteiger partial charge < -0.3 is 10.1 Å². The van der Waals surface area contributed by atoms with Gasteiger partial charge in [0.15, 0.2) is 0 Å². The molecule has 1 rings (SSSR count). The molecule has 0 radical (unpaired) electrons. The normalized spacial score (nSPS) is 29.9. The summed E-state index contributed by atoms with van der Waals surface area (Å²) in [5.41, 5.74) is 0. The van der Waals surface area contributed by atoms with Crippen LogP contribution in [0.25, 0.3) is 0 Å². The molecule has 2 heteroatoms. The number of hydrogen-bond acceptors (Lipinski definition) is 2. The lowest BCUT2D eigenvalue weighted by Gasteiger charge is -2.15. The fourth-order valence-electron chi connectivity index (χ4n) is 1.63. The minimum atomic E-state index is 0.208. The predicted molar refractivity (Wildman–Crippen MR) is 54.5 cm³/mol. The van der Waals surface area contributed by atoms with Gasteiger partial charge in [0, 0.05) is 6.54 Å². The van der Waals surface area contributed by atoms with Crippen LogP contribution in [-0.2, 0) is 4.74 Å². The molecule has 0 spiro atoms. The van der Waals surface area contributed by atoms with Crippen molar-refractivity contribution in [1.82, 2.24) is 5.32 Å². The molecule has 1 aliphatic rings. The van der Waals surface area contributed by atoms with Crippen molar-refractivity contribution in [1.29, 1.82) is 0 Å². The van der Waals surface area contributed by atoms with Crippen LogP contribution in [0.5, 0.6) is 0 Å². The molecular weight excluding hydrogens is 162 g/mol. The van der Waals surface area contributed by atoms with Crippen molar-refractivity contribution in [2.75, 3.05) is 6.54 Å². The largest absolute Gasteiger partial charge is 0.374 e. The highest BCUT2D eigenvalue weighted by molar-refractivity contribution is 4.98. The van der Waals surface area contributed by atoms with Crippen LogP contribution in [0, 0.1) is 12.3 Å². The highest BCUT2D eigenvalue weighted by Crippen LogP contribution is 2.18. The van der Waals surface area contributed by atoms with Crippen LogP contribution < -0.4 is 5.32 Å². The monoisotopic (exact) mass is 181 g/mol. The van der Waals surface area contributed by atoms with Gasteiger partial charge >= 0.3 is 0 Å².